The van der Waals surface area contributed by atoms with Crippen molar-refractivity contribution in [1.82, 2.24) is 4.98 Å². The molecule has 0 saturated heterocycles. The lowest BCUT2D eigenvalue weighted by Crippen LogP contribution is -2.04. The minimum atomic E-state index is -4.64. The minimum Gasteiger partial charge on any atom is -0.436 e. The monoisotopic (exact) mass is 312 g/mol. The Balaban J connectivity index is 0.00000180. The first-order valence-electron chi connectivity index (χ1n) is 4.94. The normalized spacial score (nSPS) is 11.2. The van der Waals surface area contributed by atoms with Crippen LogP contribution in [0, 0.1) is 0 Å². The van der Waals surface area contributed by atoms with Crippen LogP contribution in [0.25, 0.3) is 11.3 Å². The highest BCUT2D eigenvalue weighted by Gasteiger charge is 2.38. The van der Waals surface area contributed by atoms with Gasteiger partial charge in [-0.25, -0.2) is 4.98 Å². The fraction of sp³-hybridized carbons (Fsp3) is 0.182. The lowest BCUT2D eigenvalue weighted by Gasteiger charge is -1.99. The molecule has 1 heterocycles. The van der Waals surface area contributed by atoms with Crippen LogP contribution in [0.1, 0.15) is 11.7 Å². The molecular weight excluding hydrogens is 304 g/mol. The first-order chi connectivity index (χ1) is 8.41. The maximum atomic E-state index is 12.5. The zero-order valence-corrected chi connectivity index (χ0v) is 10.9. The smallest absolute Gasteiger partial charge is 0.436 e. The van der Waals surface area contributed by atoms with Crippen molar-refractivity contribution in [1.29, 1.82) is 0 Å². The van der Waals surface area contributed by atoms with Gasteiger partial charge in [-0.2, -0.15) is 13.2 Å². The van der Waals surface area contributed by atoms with Crippen molar-refractivity contribution in [3.63, 3.8) is 0 Å². The van der Waals surface area contributed by atoms with Crippen LogP contribution in [0.5, 0.6) is 0 Å². The van der Waals surface area contributed by atoms with Crippen LogP contribution in [-0.4, -0.2) is 4.98 Å². The van der Waals surface area contributed by atoms with Crippen molar-refractivity contribution in [3.8, 4) is 11.3 Å². The summed E-state index contributed by atoms with van der Waals surface area (Å²) < 4.78 is 42.1. The number of oxazole rings is 1. The summed E-state index contributed by atoms with van der Waals surface area (Å²) in [6, 6.07) is 6.31. The highest BCUT2D eigenvalue weighted by Crippen LogP contribution is 2.33. The molecule has 1 aromatic heterocycles. The Hall–Kier alpha value is -1.24. The Labute approximate surface area is 118 Å². The number of rotatable bonds is 2. The molecule has 2 N–H and O–H groups in total. The number of hydrogen-bond acceptors (Lipinski definition) is 3. The van der Waals surface area contributed by atoms with E-state index < -0.39 is 12.1 Å². The third-order valence-electron chi connectivity index (χ3n) is 2.22. The molecule has 2 aromatic rings. The van der Waals surface area contributed by atoms with Crippen LogP contribution in [-0.2, 0) is 12.7 Å². The van der Waals surface area contributed by atoms with Crippen molar-refractivity contribution < 1.29 is 17.6 Å². The van der Waals surface area contributed by atoms with E-state index in [1.54, 1.807) is 18.2 Å². The molecule has 19 heavy (non-hydrogen) atoms. The van der Waals surface area contributed by atoms with Crippen molar-refractivity contribution in [2.75, 3.05) is 0 Å². The van der Waals surface area contributed by atoms with Crippen molar-refractivity contribution in [3.05, 3.63) is 40.9 Å². The second-order valence-electron chi connectivity index (χ2n) is 3.50. The lowest BCUT2D eigenvalue weighted by atomic mass is 10.1. The number of halogens is 5. The Bertz CT molecular complexity index is 569. The van der Waals surface area contributed by atoms with E-state index >= 15 is 0 Å². The molecule has 0 fully saturated rings. The van der Waals surface area contributed by atoms with Crippen molar-refractivity contribution in [2.24, 2.45) is 5.73 Å². The number of hydrogen-bond donors (Lipinski definition) is 1. The first kappa shape index (κ1) is 15.8. The van der Waals surface area contributed by atoms with E-state index in [1.807, 2.05) is 0 Å². The molecule has 0 atom stereocenters. The predicted molar refractivity (Wildman–Crippen MR) is 67.1 cm³/mol. The second-order valence-corrected chi connectivity index (χ2v) is 3.94. The molecular formula is C11H9Cl2F3N2O. The third kappa shape index (κ3) is 3.40. The van der Waals surface area contributed by atoms with Gasteiger partial charge >= 0.3 is 12.1 Å². The zero-order chi connectivity index (χ0) is 13.3. The quantitative estimate of drug-likeness (QED) is 0.915. The average molecular weight is 313 g/mol. The van der Waals surface area contributed by atoms with Crippen LogP contribution in [0.15, 0.2) is 28.7 Å². The summed E-state index contributed by atoms with van der Waals surface area (Å²) in [5.74, 6) is -1.33. The molecule has 0 saturated carbocycles. The molecule has 0 radical (unpaired) electrons. The van der Waals surface area contributed by atoms with Gasteiger partial charge < -0.3 is 10.2 Å². The molecule has 2 rings (SSSR count). The van der Waals surface area contributed by atoms with E-state index in [1.165, 1.54) is 6.07 Å². The van der Waals surface area contributed by atoms with E-state index in [2.05, 4.69) is 9.40 Å². The highest BCUT2D eigenvalue weighted by molar-refractivity contribution is 6.30. The summed E-state index contributed by atoms with van der Waals surface area (Å²) in [5, 5.41) is 0.395. The first-order valence-corrected chi connectivity index (χ1v) is 5.32. The molecule has 0 aliphatic rings. The summed E-state index contributed by atoms with van der Waals surface area (Å²) in [7, 11) is 0. The van der Waals surface area contributed by atoms with Gasteiger partial charge in [0.05, 0.1) is 6.54 Å². The molecule has 104 valence electrons. The molecule has 0 aliphatic carbocycles. The number of benzene rings is 1. The Morgan fingerprint density at radius 3 is 2.53 bits per heavy atom. The van der Waals surface area contributed by atoms with Crippen LogP contribution in [0.2, 0.25) is 5.02 Å². The number of alkyl halides is 3. The fourth-order valence-electron chi connectivity index (χ4n) is 1.47. The summed E-state index contributed by atoms with van der Waals surface area (Å²) in [4.78, 5) is 3.43. The van der Waals surface area contributed by atoms with Gasteiger partial charge in [-0.15, -0.1) is 12.4 Å². The molecule has 1 aromatic carbocycles. The molecule has 0 unspecified atom stereocenters. The maximum Gasteiger partial charge on any atom is 0.468 e. The van der Waals surface area contributed by atoms with Gasteiger partial charge in [0.2, 0.25) is 0 Å². The summed E-state index contributed by atoms with van der Waals surface area (Å²) in [6.07, 6.45) is -4.64. The third-order valence-corrected chi connectivity index (χ3v) is 2.46. The summed E-state index contributed by atoms with van der Waals surface area (Å²) >= 11 is 5.78. The topological polar surface area (TPSA) is 52.0 Å². The van der Waals surface area contributed by atoms with Crippen LogP contribution in [0.4, 0.5) is 13.2 Å². The summed E-state index contributed by atoms with van der Waals surface area (Å²) in [5.41, 5.74) is 5.84. The van der Waals surface area contributed by atoms with E-state index in [0.29, 0.717) is 10.6 Å². The molecule has 0 amide bonds. The second kappa shape index (κ2) is 5.81. The minimum absolute atomic E-state index is 0. The molecule has 8 heteroatoms. The van der Waals surface area contributed by atoms with Crippen LogP contribution in [0.3, 0.4) is 0 Å². The largest absolute Gasteiger partial charge is 0.468 e. The van der Waals surface area contributed by atoms with Gasteiger partial charge in [-0.1, -0.05) is 23.7 Å². The lowest BCUT2D eigenvalue weighted by molar-refractivity contribution is -0.157. The van der Waals surface area contributed by atoms with Gasteiger partial charge in [-0.3, -0.25) is 0 Å². The Kier molecular flexibility index (Phi) is 4.84. The average Bonchev–Trinajstić information content (AvgIpc) is 2.72. The highest BCUT2D eigenvalue weighted by atomic mass is 35.5. The number of aromatic nitrogens is 1. The van der Waals surface area contributed by atoms with Gasteiger partial charge in [-0.05, 0) is 12.1 Å². The maximum absolute atomic E-state index is 12.5. The Morgan fingerprint density at radius 2 is 2.00 bits per heavy atom. The van der Waals surface area contributed by atoms with Crippen LogP contribution < -0.4 is 5.73 Å². The molecule has 0 bridgehead atoms. The number of nitrogens with zero attached hydrogens (tertiary/aromatic N) is 1. The van der Waals surface area contributed by atoms with Crippen molar-refractivity contribution in [2.45, 2.75) is 12.7 Å². The van der Waals surface area contributed by atoms with E-state index in [-0.39, 0.29) is 30.4 Å². The molecule has 3 nitrogen and oxygen atoms in total. The fourth-order valence-corrected chi connectivity index (χ4v) is 1.66. The molecule has 0 aliphatic heterocycles. The SMILES string of the molecule is Cl.NCc1oc(C(F)(F)F)nc1-c1cccc(Cl)c1. The van der Waals surface area contributed by atoms with E-state index in [0.717, 1.165) is 0 Å². The van der Waals surface area contributed by atoms with Gasteiger partial charge in [0.25, 0.3) is 0 Å². The van der Waals surface area contributed by atoms with E-state index in [4.69, 9.17) is 17.3 Å². The van der Waals surface area contributed by atoms with Crippen molar-refractivity contribution >= 4 is 24.0 Å². The van der Waals surface area contributed by atoms with Gasteiger partial charge in [0.15, 0.2) is 0 Å². The Morgan fingerprint density at radius 1 is 1.32 bits per heavy atom. The standard InChI is InChI=1S/C11H8ClF3N2O.ClH/c12-7-3-1-2-6(4-7)9-8(5-16)18-10(17-9)11(13,14)15;/h1-4H,5,16H2;1H. The zero-order valence-electron chi connectivity index (χ0n) is 9.37. The number of nitrogens with two attached hydrogens (primary N) is 1. The molecule has 0 spiro atoms. The van der Waals surface area contributed by atoms with Crippen LogP contribution >= 0.6 is 24.0 Å². The predicted octanol–water partition coefficient (Wildman–Crippen LogP) is 3.89. The summed E-state index contributed by atoms with van der Waals surface area (Å²) in [6.45, 7) is -0.176. The van der Waals surface area contributed by atoms with E-state index in [9.17, 15) is 13.2 Å². The van der Waals surface area contributed by atoms with Gasteiger partial charge in [0.1, 0.15) is 11.5 Å². The van der Waals surface area contributed by atoms with Gasteiger partial charge in [0, 0.05) is 10.6 Å².